The Morgan fingerprint density at radius 3 is 2.50 bits per heavy atom. The van der Waals surface area contributed by atoms with Gasteiger partial charge in [-0.25, -0.2) is 8.42 Å². The van der Waals surface area contributed by atoms with E-state index < -0.39 is 16.1 Å². The standard InChI is InChI=1S/C22H29ClN2O4S/c1-6-19(25(30(5,27)28)20-14-18(23)11-10-16(20)3)22(26)24-12-13-29-21-9-7-8-15(2)17(21)4/h7-11,14,19H,6,12-13H2,1-5H3,(H,24,26)/t19-/m1/s1. The molecule has 0 saturated heterocycles. The summed E-state index contributed by atoms with van der Waals surface area (Å²) in [7, 11) is -3.71. The van der Waals surface area contributed by atoms with Gasteiger partial charge in [0.25, 0.3) is 0 Å². The normalized spacial score (nSPS) is 12.3. The molecule has 0 saturated carbocycles. The summed E-state index contributed by atoms with van der Waals surface area (Å²) in [6.45, 7) is 8.08. The molecule has 0 unspecified atom stereocenters. The molecule has 30 heavy (non-hydrogen) atoms. The van der Waals surface area contributed by atoms with Crippen molar-refractivity contribution in [3.05, 3.63) is 58.1 Å². The van der Waals surface area contributed by atoms with Crippen LogP contribution in [0.15, 0.2) is 36.4 Å². The number of ether oxygens (including phenoxy) is 1. The number of nitrogens with one attached hydrogen (secondary N) is 1. The summed E-state index contributed by atoms with van der Waals surface area (Å²) < 4.78 is 32.0. The van der Waals surface area contributed by atoms with Crippen LogP contribution in [0.5, 0.6) is 5.75 Å². The maximum absolute atomic E-state index is 12.9. The summed E-state index contributed by atoms with van der Waals surface area (Å²) in [4.78, 5) is 12.9. The van der Waals surface area contributed by atoms with Crippen LogP contribution in [-0.4, -0.2) is 39.8 Å². The molecule has 0 bridgehead atoms. The molecule has 2 rings (SSSR count). The van der Waals surface area contributed by atoms with E-state index in [-0.39, 0.29) is 19.1 Å². The number of carbonyl (C=O) groups is 1. The fraction of sp³-hybridized carbons (Fsp3) is 0.409. The monoisotopic (exact) mass is 452 g/mol. The second-order valence-corrected chi connectivity index (χ2v) is 9.55. The highest BCUT2D eigenvalue weighted by Gasteiger charge is 2.32. The second-order valence-electron chi connectivity index (χ2n) is 7.25. The van der Waals surface area contributed by atoms with Gasteiger partial charge in [-0.3, -0.25) is 9.10 Å². The molecule has 0 aliphatic rings. The van der Waals surface area contributed by atoms with Crippen molar-refractivity contribution in [3.63, 3.8) is 0 Å². The van der Waals surface area contributed by atoms with Crippen molar-refractivity contribution < 1.29 is 17.9 Å². The molecule has 0 heterocycles. The molecule has 1 N–H and O–H groups in total. The van der Waals surface area contributed by atoms with E-state index in [9.17, 15) is 13.2 Å². The van der Waals surface area contributed by atoms with Gasteiger partial charge >= 0.3 is 0 Å². The molecule has 0 aliphatic carbocycles. The topological polar surface area (TPSA) is 75.7 Å². The van der Waals surface area contributed by atoms with Crippen LogP contribution in [0.25, 0.3) is 0 Å². The summed E-state index contributed by atoms with van der Waals surface area (Å²) in [5, 5.41) is 3.20. The van der Waals surface area contributed by atoms with Crippen molar-refractivity contribution in [2.45, 2.75) is 40.2 Å². The van der Waals surface area contributed by atoms with E-state index in [0.717, 1.165) is 27.4 Å². The van der Waals surface area contributed by atoms with Crippen molar-refractivity contribution in [2.24, 2.45) is 0 Å². The number of aryl methyl sites for hydroxylation is 2. The lowest BCUT2D eigenvalue weighted by atomic mass is 10.1. The van der Waals surface area contributed by atoms with Crippen LogP contribution >= 0.6 is 11.6 Å². The number of hydrogen-bond donors (Lipinski definition) is 1. The minimum atomic E-state index is -3.71. The van der Waals surface area contributed by atoms with Crippen LogP contribution < -0.4 is 14.4 Å². The SMILES string of the molecule is CC[C@H](C(=O)NCCOc1cccc(C)c1C)N(c1cc(Cl)ccc1C)S(C)(=O)=O. The molecule has 2 aromatic carbocycles. The van der Waals surface area contributed by atoms with Crippen LogP contribution in [0.3, 0.4) is 0 Å². The molecule has 164 valence electrons. The fourth-order valence-electron chi connectivity index (χ4n) is 3.19. The number of rotatable bonds is 9. The first-order valence-electron chi connectivity index (χ1n) is 9.78. The summed E-state index contributed by atoms with van der Waals surface area (Å²) in [5.41, 5.74) is 3.30. The van der Waals surface area contributed by atoms with Crippen LogP contribution in [0.2, 0.25) is 5.02 Å². The third kappa shape index (κ3) is 5.89. The first kappa shape index (κ1) is 24.0. The third-order valence-corrected chi connectivity index (χ3v) is 6.35. The highest BCUT2D eigenvalue weighted by molar-refractivity contribution is 7.92. The van der Waals surface area contributed by atoms with E-state index in [2.05, 4.69) is 5.32 Å². The fourth-order valence-corrected chi connectivity index (χ4v) is 4.62. The maximum atomic E-state index is 12.9. The number of amides is 1. The van der Waals surface area contributed by atoms with Gasteiger partial charge in [0.2, 0.25) is 15.9 Å². The van der Waals surface area contributed by atoms with Crippen LogP contribution in [0.4, 0.5) is 5.69 Å². The molecule has 0 spiro atoms. The Morgan fingerprint density at radius 1 is 1.17 bits per heavy atom. The highest BCUT2D eigenvalue weighted by Crippen LogP contribution is 2.29. The average molecular weight is 453 g/mol. The summed E-state index contributed by atoms with van der Waals surface area (Å²) >= 11 is 6.08. The van der Waals surface area contributed by atoms with Gasteiger partial charge in [0.05, 0.1) is 18.5 Å². The lowest BCUT2D eigenvalue weighted by Gasteiger charge is -2.31. The largest absolute Gasteiger partial charge is 0.491 e. The molecule has 2 aromatic rings. The Morgan fingerprint density at radius 2 is 1.87 bits per heavy atom. The van der Waals surface area contributed by atoms with E-state index in [1.54, 1.807) is 32.0 Å². The van der Waals surface area contributed by atoms with Crippen LogP contribution in [0, 0.1) is 20.8 Å². The number of hydrogen-bond acceptors (Lipinski definition) is 4. The van der Waals surface area contributed by atoms with Gasteiger partial charge in [0.1, 0.15) is 18.4 Å². The molecule has 0 aromatic heterocycles. The number of nitrogens with zero attached hydrogens (tertiary/aromatic N) is 1. The van der Waals surface area contributed by atoms with Gasteiger partial charge in [-0.15, -0.1) is 0 Å². The Labute approximate surface area is 184 Å². The Bertz CT molecular complexity index is 1010. The highest BCUT2D eigenvalue weighted by atomic mass is 35.5. The predicted molar refractivity (Wildman–Crippen MR) is 122 cm³/mol. The predicted octanol–water partition coefficient (Wildman–Crippen LogP) is 4.01. The van der Waals surface area contributed by atoms with E-state index in [0.29, 0.717) is 22.7 Å². The minimum absolute atomic E-state index is 0.259. The smallest absolute Gasteiger partial charge is 0.244 e. The molecular weight excluding hydrogens is 424 g/mol. The molecule has 0 radical (unpaired) electrons. The van der Waals surface area contributed by atoms with Crippen LogP contribution in [0.1, 0.15) is 30.0 Å². The average Bonchev–Trinajstić information content (AvgIpc) is 2.67. The van der Waals surface area contributed by atoms with E-state index in [1.807, 2.05) is 32.0 Å². The summed E-state index contributed by atoms with van der Waals surface area (Å²) in [5.74, 6) is 0.385. The quantitative estimate of drug-likeness (QED) is 0.583. The maximum Gasteiger partial charge on any atom is 0.244 e. The Hall–Kier alpha value is -2.25. The van der Waals surface area contributed by atoms with E-state index in [1.165, 1.54) is 0 Å². The van der Waals surface area contributed by atoms with Crippen molar-refractivity contribution in [2.75, 3.05) is 23.7 Å². The molecule has 0 fully saturated rings. The first-order valence-corrected chi connectivity index (χ1v) is 12.0. The minimum Gasteiger partial charge on any atom is -0.491 e. The molecule has 1 atom stereocenters. The Balaban J connectivity index is 2.12. The zero-order valence-corrected chi connectivity index (χ0v) is 19.6. The van der Waals surface area contributed by atoms with Crippen molar-refractivity contribution >= 4 is 33.2 Å². The third-order valence-electron chi connectivity index (χ3n) is 4.95. The van der Waals surface area contributed by atoms with E-state index >= 15 is 0 Å². The van der Waals surface area contributed by atoms with Gasteiger partial charge in [-0.1, -0.05) is 36.7 Å². The number of benzene rings is 2. The lowest BCUT2D eigenvalue weighted by molar-refractivity contribution is -0.122. The van der Waals surface area contributed by atoms with Crippen molar-refractivity contribution in [3.8, 4) is 5.75 Å². The number of halogens is 1. The Kier molecular flexibility index (Phi) is 8.15. The second kappa shape index (κ2) is 10.2. The van der Waals surface area contributed by atoms with E-state index in [4.69, 9.17) is 16.3 Å². The van der Waals surface area contributed by atoms with Gasteiger partial charge in [-0.2, -0.15) is 0 Å². The number of sulfonamides is 1. The van der Waals surface area contributed by atoms with Gasteiger partial charge in [-0.05, 0) is 62.1 Å². The van der Waals surface area contributed by atoms with Gasteiger partial charge in [0, 0.05) is 5.02 Å². The molecule has 0 aliphatic heterocycles. The zero-order chi connectivity index (χ0) is 22.5. The summed E-state index contributed by atoms with van der Waals surface area (Å²) in [6, 6.07) is 9.90. The molecule has 6 nitrogen and oxygen atoms in total. The molecular formula is C22H29ClN2O4S. The molecule has 8 heteroatoms. The summed E-state index contributed by atoms with van der Waals surface area (Å²) in [6.07, 6.45) is 1.40. The van der Waals surface area contributed by atoms with Crippen molar-refractivity contribution in [1.29, 1.82) is 0 Å². The molecule has 1 amide bonds. The van der Waals surface area contributed by atoms with Gasteiger partial charge < -0.3 is 10.1 Å². The number of carbonyl (C=O) groups excluding carboxylic acids is 1. The van der Waals surface area contributed by atoms with Crippen molar-refractivity contribution in [1.82, 2.24) is 5.32 Å². The lowest BCUT2D eigenvalue weighted by Crippen LogP contribution is -2.50. The van der Waals surface area contributed by atoms with Gasteiger partial charge in [0.15, 0.2) is 0 Å². The zero-order valence-electron chi connectivity index (χ0n) is 18.0. The first-order chi connectivity index (χ1) is 14.1. The van der Waals surface area contributed by atoms with Crippen LogP contribution in [-0.2, 0) is 14.8 Å². The number of anilines is 1.